The molecule has 38 heavy (non-hydrogen) atoms. The first-order valence-electron chi connectivity index (χ1n) is 12.2. The van der Waals surface area contributed by atoms with E-state index in [1.807, 2.05) is 25.1 Å². The van der Waals surface area contributed by atoms with Gasteiger partial charge in [-0.3, -0.25) is 10.2 Å². The molecule has 1 aliphatic carbocycles. The molecule has 0 fully saturated rings. The number of aromatic carboxylic acids is 1. The summed E-state index contributed by atoms with van der Waals surface area (Å²) in [6.07, 6.45) is 0.862. The molecule has 5 rings (SSSR count). The molecule has 3 aromatic rings. The highest BCUT2D eigenvalue weighted by Gasteiger charge is 2.35. The van der Waals surface area contributed by atoms with Gasteiger partial charge in [0.2, 0.25) is 0 Å². The van der Waals surface area contributed by atoms with Crippen molar-refractivity contribution in [2.45, 2.75) is 39.5 Å². The molecule has 2 aliphatic rings. The Morgan fingerprint density at radius 3 is 2.61 bits per heavy atom. The van der Waals surface area contributed by atoms with Crippen molar-refractivity contribution in [3.05, 3.63) is 83.4 Å². The molecule has 0 saturated heterocycles. The van der Waals surface area contributed by atoms with Gasteiger partial charge in [0.25, 0.3) is 0 Å². The second kappa shape index (κ2) is 8.99. The first-order valence-corrected chi connectivity index (χ1v) is 12.2. The van der Waals surface area contributed by atoms with Gasteiger partial charge in [-0.15, -0.1) is 0 Å². The van der Waals surface area contributed by atoms with Gasteiger partial charge in [0.1, 0.15) is 5.75 Å². The molecule has 8 nitrogen and oxygen atoms in total. The molecule has 1 aliphatic heterocycles. The highest BCUT2D eigenvalue weighted by Crippen LogP contribution is 2.46. The monoisotopic (exact) mass is 508 g/mol. The summed E-state index contributed by atoms with van der Waals surface area (Å²) in [4.78, 5) is 24.7. The Balaban J connectivity index is 1.44. The van der Waals surface area contributed by atoms with Crippen LogP contribution in [-0.2, 0) is 10.2 Å². The lowest BCUT2D eigenvalue weighted by atomic mass is 9.86. The quantitative estimate of drug-likeness (QED) is 0.291. The SMILES string of the molecule is C=C1CC(C)(C)c2cc(N3N=C(C)/C(=N/Nc4cc(C)cc(-c5cccc(C(=O)O)c5)c4O)C3=O)ccc21. The molecule has 1 amide bonds. The first-order chi connectivity index (χ1) is 18.0. The van der Waals surface area contributed by atoms with Crippen LogP contribution in [0.5, 0.6) is 5.75 Å². The molecule has 0 unspecified atom stereocenters. The van der Waals surface area contributed by atoms with Crippen molar-refractivity contribution in [1.82, 2.24) is 0 Å². The molecule has 0 radical (unpaired) electrons. The van der Waals surface area contributed by atoms with E-state index in [0.29, 0.717) is 22.5 Å². The van der Waals surface area contributed by atoms with E-state index in [-0.39, 0.29) is 34.0 Å². The van der Waals surface area contributed by atoms with Crippen LogP contribution in [-0.4, -0.2) is 33.5 Å². The van der Waals surface area contributed by atoms with E-state index in [1.54, 1.807) is 31.2 Å². The van der Waals surface area contributed by atoms with Crippen molar-refractivity contribution >= 4 is 40.2 Å². The van der Waals surface area contributed by atoms with E-state index in [0.717, 1.165) is 28.7 Å². The number of carboxylic acids is 1. The minimum atomic E-state index is -1.06. The van der Waals surface area contributed by atoms with Gasteiger partial charge in [-0.2, -0.15) is 15.2 Å². The van der Waals surface area contributed by atoms with E-state index in [9.17, 15) is 19.8 Å². The summed E-state index contributed by atoms with van der Waals surface area (Å²) in [5.41, 5.74) is 9.49. The topological polar surface area (TPSA) is 115 Å². The van der Waals surface area contributed by atoms with E-state index in [2.05, 4.69) is 36.1 Å². The number of carbonyl (C=O) groups is 2. The maximum absolute atomic E-state index is 13.3. The number of hydrogen-bond donors (Lipinski definition) is 3. The number of allylic oxidation sites excluding steroid dienone is 1. The number of aryl methyl sites for hydroxylation is 1. The minimum Gasteiger partial charge on any atom is -0.505 e. The van der Waals surface area contributed by atoms with Gasteiger partial charge in [-0.05, 0) is 89.9 Å². The zero-order valence-electron chi connectivity index (χ0n) is 21.7. The van der Waals surface area contributed by atoms with Crippen molar-refractivity contribution in [2.75, 3.05) is 10.4 Å². The third kappa shape index (κ3) is 4.24. The maximum Gasteiger partial charge on any atom is 0.335 e. The largest absolute Gasteiger partial charge is 0.505 e. The Morgan fingerprint density at radius 2 is 1.87 bits per heavy atom. The number of nitrogens with zero attached hydrogens (tertiary/aromatic N) is 3. The molecule has 0 saturated carbocycles. The van der Waals surface area contributed by atoms with Crippen LogP contribution in [0.15, 0.2) is 71.4 Å². The molecule has 0 bridgehead atoms. The van der Waals surface area contributed by atoms with Crippen molar-refractivity contribution in [2.24, 2.45) is 10.2 Å². The Bertz CT molecular complexity index is 1600. The fourth-order valence-electron chi connectivity index (χ4n) is 5.08. The molecule has 8 heteroatoms. The molecular formula is C30H28N4O4. The van der Waals surface area contributed by atoms with E-state index in [1.165, 1.54) is 17.1 Å². The number of carbonyl (C=O) groups excluding carboxylic acids is 1. The van der Waals surface area contributed by atoms with Gasteiger partial charge in [0, 0.05) is 5.56 Å². The summed E-state index contributed by atoms with van der Waals surface area (Å²) in [6, 6.07) is 15.6. The number of carboxylic acid groups (broad SMARTS) is 1. The number of anilines is 2. The second-order valence-electron chi connectivity index (χ2n) is 10.4. The van der Waals surface area contributed by atoms with Gasteiger partial charge in [0.15, 0.2) is 5.71 Å². The molecule has 3 aromatic carbocycles. The fourth-order valence-corrected chi connectivity index (χ4v) is 5.08. The molecular weight excluding hydrogens is 480 g/mol. The molecule has 3 N–H and O–H groups in total. The summed E-state index contributed by atoms with van der Waals surface area (Å²) in [7, 11) is 0. The van der Waals surface area contributed by atoms with Gasteiger partial charge in [-0.1, -0.05) is 38.6 Å². The number of nitrogens with one attached hydrogen (secondary N) is 1. The number of hydrogen-bond acceptors (Lipinski definition) is 6. The summed E-state index contributed by atoms with van der Waals surface area (Å²) in [5, 5.41) is 30.4. The normalized spacial score (nSPS) is 17.1. The van der Waals surface area contributed by atoms with Crippen molar-refractivity contribution in [3.63, 3.8) is 0 Å². The van der Waals surface area contributed by atoms with Gasteiger partial charge in [0.05, 0.1) is 22.6 Å². The van der Waals surface area contributed by atoms with Crippen molar-refractivity contribution < 1.29 is 19.8 Å². The number of phenols is 1. The van der Waals surface area contributed by atoms with Crippen LogP contribution in [0.4, 0.5) is 11.4 Å². The van der Waals surface area contributed by atoms with Gasteiger partial charge in [-0.25, -0.2) is 4.79 Å². The number of phenolic OH excluding ortho intramolecular Hbond substituents is 1. The number of aromatic hydroxyl groups is 1. The number of fused-ring (bicyclic) bond motifs is 1. The summed E-state index contributed by atoms with van der Waals surface area (Å²) >= 11 is 0. The molecule has 0 aromatic heterocycles. The fraction of sp³-hybridized carbons (Fsp3) is 0.200. The predicted molar refractivity (Wildman–Crippen MR) is 150 cm³/mol. The zero-order chi connectivity index (χ0) is 27.4. The van der Waals surface area contributed by atoms with Crippen LogP contribution in [0.1, 0.15) is 54.2 Å². The highest BCUT2D eigenvalue weighted by molar-refractivity contribution is 6.71. The smallest absolute Gasteiger partial charge is 0.335 e. The Hall–Kier alpha value is -4.72. The number of hydrazone groups is 2. The summed E-state index contributed by atoms with van der Waals surface area (Å²) in [5.74, 6) is -1.55. The summed E-state index contributed by atoms with van der Waals surface area (Å²) in [6.45, 7) is 12.0. The summed E-state index contributed by atoms with van der Waals surface area (Å²) < 4.78 is 0. The zero-order valence-corrected chi connectivity index (χ0v) is 21.7. The third-order valence-electron chi connectivity index (χ3n) is 6.96. The van der Waals surface area contributed by atoms with Crippen molar-refractivity contribution in [3.8, 4) is 16.9 Å². The van der Waals surface area contributed by atoms with Gasteiger partial charge >= 0.3 is 11.9 Å². The highest BCUT2D eigenvalue weighted by atomic mass is 16.4. The Labute approximate surface area is 220 Å². The van der Waals surface area contributed by atoms with E-state index < -0.39 is 5.97 Å². The Kier molecular flexibility index (Phi) is 5.90. The van der Waals surface area contributed by atoms with Crippen LogP contribution in [0, 0.1) is 6.92 Å². The lowest BCUT2D eigenvalue weighted by molar-refractivity contribution is -0.112. The average Bonchev–Trinajstić information content (AvgIpc) is 3.29. The van der Waals surface area contributed by atoms with E-state index >= 15 is 0 Å². The molecule has 1 heterocycles. The van der Waals surface area contributed by atoms with Crippen LogP contribution in [0.3, 0.4) is 0 Å². The Morgan fingerprint density at radius 1 is 1.11 bits per heavy atom. The number of benzene rings is 3. The molecule has 0 atom stereocenters. The number of amides is 1. The van der Waals surface area contributed by atoms with Crippen LogP contribution < -0.4 is 10.4 Å². The maximum atomic E-state index is 13.3. The van der Waals surface area contributed by atoms with Crippen LogP contribution >= 0.6 is 0 Å². The van der Waals surface area contributed by atoms with Crippen LogP contribution in [0.25, 0.3) is 16.7 Å². The number of rotatable bonds is 5. The lowest BCUT2D eigenvalue weighted by Gasteiger charge is -2.20. The molecule has 192 valence electrons. The first kappa shape index (κ1) is 25.0. The second-order valence-corrected chi connectivity index (χ2v) is 10.4. The third-order valence-corrected chi connectivity index (χ3v) is 6.96. The predicted octanol–water partition coefficient (Wildman–Crippen LogP) is 5.95. The van der Waals surface area contributed by atoms with Crippen molar-refractivity contribution in [1.29, 1.82) is 0 Å². The minimum absolute atomic E-state index is 0.0766. The lowest BCUT2D eigenvalue weighted by Crippen LogP contribution is -2.28. The van der Waals surface area contributed by atoms with E-state index in [4.69, 9.17) is 0 Å². The van der Waals surface area contributed by atoms with Gasteiger partial charge < -0.3 is 10.2 Å². The molecule has 0 spiro atoms. The standard InChI is InChI=1S/C30H28N4O4/c1-16-11-23(19-7-6-8-20(13-19)29(37)38)27(35)25(12-16)31-32-26-18(3)33-34(28(26)36)21-9-10-22-17(2)15-30(4,5)24(22)14-21/h6-14,31,35H,2,15H2,1,3-5H3,(H,37,38)/b32-26-. The average molecular weight is 509 g/mol. The van der Waals surface area contributed by atoms with Crippen LogP contribution in [0.2, 0.25) is 0 Å².